The Balaban J connectivity index is 1.92. The second-order valence-corrected chi connectivity index (χ2v) is 5.33. The Bertz CT molecular complexity index is 392. The molecule has 1 aliphatic carbocycles. The van der Waals surface area contributed by atoms with Gasteiger partial charge in [0.25, 0.3) is 0 Å². The molecule has 0 heterocycles. The van der Waals surface area contributed by atoms with Gasteiger partial charge in [-0.15, -0.1) is 0 Å². The maximum atomic E-state index is 9.48. The van der Waals surface area contributed by atoms with Gasteiger partial charge in [-0.2, -0.15) is 0 Å². The number of aromatic hydroxyl groups is 1. The Labute approximate surface area is 110 Å². The fourth-order valence-corrected chi connectivity index (χ4v) is 2.79. The van der Waals surface area contributed by atoms with Crippen molar-refractivity contribution in [2.45, 2.75) is 38.1 Å². The predicted octanol–water partition coefficient (Wildman–Crippen LogP) is 1.92. The van der Waals surface area contributed by atoms with E-state index in [0.717, 1.165) is 32.4 Å². The molecule has 0 fully saturated rings. The van der Waals surface area contributed by atoms with Crippen LogP contribution >= 0.6 is 0 Å². The summed E-state index contributed by atoms with van der Waals surface area (Å²) >= 11 is 0. The first kappa shape index (κ1) is 13.4. The third-order valence-electron chi connectivity index (χ3n) is 3.98. The SMILES string of the molecule is CN(CCCCN)C1CCc2cc(O)ccc2C1. The van der Waals surface area contributed by atoms with E-state index in [4.69, 9.17) is 5.73 Å². The van der Waals surface area contributed by atoms with Crippen molar-refractivity contribution in [3.8, 4) is 5.75 Å². The molecular weight excluding hydrogens is 224 g/mol. The second kappa shape index (κ2) is 6.21. The molecule has 0 radical (unpaired) electrons. The van der Waals surface area contributed by atoms with Crippen LogP contribution in [0.25, 0.3) is 0 Å². The molecule has 0 amide bonds. The molecule has 1 aromatic carbocycles. The largest absolute Gasteiger partial charge is 0.508 e. The molecule has 0 saturated carbocycles. The molecule has 1 atom stereocenters. The highest BCUT2D eigenvalue weighted by atomic mass is 16.3. The van der Waals surface area contributed by atoms with E-state index >= 15 is 0 Å². The Morgan fingerprint density at radius 2 is 2.17 bits per heavy atom. The highest BCUT2D eigenvalue weighted by Gasteiger charge is 2.21. The lowest BCUT2D eigenvalue weighted by atomic mass is 9.87. The molecule has 2 rings (SSSR count). The molecule has 0 spiro atoms. The van der Waals surface area contributed by atoms with Crippen molar-refractivity contribution in [1.82, 2.24) is 4.90 Å². The number of rotatable bonds is 5. The lowest BCUT2D eigenvalue weighted by Crippen LogP contribution is -2.37. The number of fused-ring (bicyclic) bond motifs is 1. The summed E-state index contributed by atoms with van der Waals surface area (Å²) in [4.78, 5) is 2.46. The zero-order valence-corrected chi connectivity index (χ0v) is 11.2. The van der Waals surface area contributed by atoms with Crippen LogP contribution in [-0.2, 0) is 12.8 Å². The standard InChI is InChI=1S/C15H24N2O/c1-17(9-3-2-8-16)14-6-4-13-11-15(18)7-5-12(13)10-14/h5,7,11,14,18H,2-4,6,8-10,16H2,1H3. The number of nitrogens with zero attached hydrogens (tertiary/aromatic N) is 1. The van der Waals surface area contributed by atoms with E-state index in [9.17, 15) is 5.11 Å². The third kappa shape index (κ3) is 3.24. The first-order chi connectivity index (χ1) is 8.70. The molecule has 1 unspecified atom stereocenters. The van der Waals surface area contributed by atoms with Gasteiger partial charge in [-0.3, -0.25) is 0 Å². The molecule has 0 aliphatic heterocycles. The molecule has 1 aliphatic rings. The molecule has 18 heavy (non-hydrogen) atoms. The number of phenols is 1. The molecular formula is C15H24N2O. The van der Waals surface area contributed by atoms with E-state index in [1.54, 1.807) is 6.07 Å². The highest BCUT2D eigenvalue weighted by Crippen LogP contribution is 2.27. The summed E-state index contributed by atoms with van der Waals surface area (Å²) in [5, 5.41) is 9.48. The van der Waals surface area contributed by atoms with E-state index in [1.807, 2.05) is 6.07 Å². The van der Waals surface area contributed by atoms with Crippen LogP contribution in [0.3, 0.4) is 0 Å². The average molecular weight is 248 g/mol. The summed E-state index contributed by atoms with van der Waals surface area (Å²) in [6.45, 7) is 1.93. The van der Waals surface area contributed by atoms with Crippen molar-refractivity contribution < 1.29 is 5.11 Å². The smallest absolute Gasteiger partial charge is 0.115 e. The maximum Gasteiger partial charge on any atom is 0.115 e. The monoisotopic (exact) mass is 248 g/mol. The Morgan fingerprint density at radius 1 is 1.33 bits per heavy atom. The number of likely N-dealkylation sites (N-methyl/N-ethyl adjacent to an activating group) is 1. The molecule has 0 aromatic heterocycles. The zero-order valence-electron chi connectivity index (χ0n) is 11.2. The van der Waals surface area contributed by atoms with Crippen molar-refractivity contribution in [1.29, 1.82) is 0 Å². The van der Waals surface area contributed by atoms with Crippen LogP contribution < -0.4 is 5.73 Å². The van der Waals surface area contributed by atoms with Crippen LogP contribution in [0.15, 0.2) is 18.2 Å². The summed E-state index contributed by atoms with van der Waals surface area (Å²) < 4.78 is 0. The van der Waals surface area contributed by atoms with Crippen LogP contribution in [0.4, 0.5) is 0 Å². The minimum absolute atomic E-state index is 0.392. The highest BCUT2D eigenvalue weighted by molar-refractivity contribution is 5.37. The Hall–Kier alpha value is -1.06. The number of phenolic OH excluding ortho intramolecular Hbond substituents is 1. The maximum absolute atomic E-state index is 9.48. The van der Waals surface area contributed by atoms with E-state index in [-0.39, 0.29) is 0 Å². The lowest BCUT2D eigenvalue weighted by Gasteiger charge is -2.32. The van der Waals surface area contributed by atoms with Gasteiger partial charge in [-0.1, -0.05) is 6.07 Å². The number of hydrogen-bond acceptors (Lipinski definition) is 3. The Kier molecular flexibility index (Phi) is 4.61. The third-order valence-corrected chi connectivity index (χ3v) is 3.98. The van der Waals surface area contributed by atoms with Gasteiger partial charge in [-0.05, 0) is 75.5 Å². The van der Waals surface area contributed by atoms with E-state index in [2.05, 4.69) is 18.0 Å². The van der Waals surface area contributed by atoms with Crippen molar-refractivity contribution in [3.05, 3.63) is 29.3 Å². The fraction of sp³-hybridized carbons (Fsp3) is 0.600. The second-order valence-electron chi connectivity index (χ2n) is 5.33. The summed E-state index contributed by atoms with van der Waals surface area (Å²) in [5.41, 5.74) is 8.25. The average Bonchev–Trinajstić information content (AvgIpc) is 2.38. The van der Waals surface area contributed by atoms with Crippen molar-refractivity contribution in [2.75, 3.05) is 20.1 Å². The normalized spacial score (nSPS) is 18.9. The molecule has 1 aromatic rings. The van der Waals surface area contributed by atoms with Crippen molar-refractivity contribution in [2.24, 2.45) is 5.73 Å². The zero-order chi connectivity index (χ0) is 13.0. The first-order valence-electron chi connectivity index (χ1n) is 6.92. The molecule has 0 bridgehead atoms. The number of benzene rings is 1. The number of hydrogen-bond donors (Lipinski definition) is 2. The van der Waals surface area contributed by atoms with E-state index < -0.39 is 0 Å². The summed E-state index contributed by atoms with van der Waals surface area (Å²) in [6.07, 6.45) is 5.67. The van der Waals surface area contributed by atoms with Gasteiger partial charge in [0, 0.05) is 6.04 Å². The van der Waals surface area contributed by atoms with Crippen LogP contribution in [0.1, 0.15) is 30.4 Å². The number of nitrogens with two attached hydrogens (primary N) is 1. The number of unbranched alkanes of at least 4 members (excludes halogenated alkanes) is 1. The fourth-order valence-electron chi connectivity index (χ4n) is 2.79. The van der Waals surface area contributed by atoms with Gasteiger partial charge < -0.3 is 15.7 Å². The topological polar surface area (TPSA) is 49.5 Å². The molecule has 3 heteroatoms. The molecule has 3 nitrogen and oxygen atoms in total. The summed E-state index contributed by atoms with van der Waals surface area (Å²) in [6, 6.07) is 6.43. The van der Waals surface area contributed by atoms with Gasteiger partial charge in [0.1, 0.15) is 5.75 Å². The van der Waals surface area contributed by atoms with Gasteiger partial charge in [0.15, 0.2) is 0 Å². The van der Waals surface area contributed by atoms with Crippen molar-refractivity contribution in [3.63, 3.8) is 0 Å². The van der Waals surface area contributed by atoms with E-state index in [1.165, 1.54) is 24.0 Å². The van der Waals surface area contributed by atoms with Crippen LogP contribution in [-0.4, -0.2) is 36.2 Å². The Morgan fingerprint density at radius 3 is 2.94 bits per heavy atom. The van der Waals surface area contributed by atoms with Gasteiger partial charge in [0.05, 0.1) is 0 Å². The van der Waals surface area contributed by atoms with Crippen LogP contribution in [0.2, 0.25) is 0 Å². The molecule has 100 valence electrons. The number of aryl methyl sites for hydroxylation is 1. The van der Waals surface area contributed by atoms with E-state index in [0.29, 0.717) is 11.8 Å². The molecule has 0 saturated heterocycles. The van der Waals surface area contributed by atoms with Crippen molar-refractivity contribution >= 4 is 0 Å². The van der Waals surface area contributed by atoms with Gasteiger partial charge in [-0.25, -0.2) is 0 Å². The first-order valence-corrected chi connectivity index (χ1v) is 6.92. The van der Waals surface area contributed by atoms with Gasteiger partial charge in [0.2, 0.25) is 0 Å². The minimum atomic E-state index is 0.392. The summed E-state index contributed by atoms with van der Waals surface area (Å²) in [7, 11) is 2.21. The quantitative estimate of drug-likeness (QED) is 0.783. The summed E-state index contributed by atoms with van der Waals surface area (Å²) in [5.74, 6) is 0.392. The minimum Gasteiger partial charge on any atom is -0.508 e. The van der Waals surface area contributed by atoms with Crippen LogP contribution in [0, 0.1) is 0 Å². The predicted molar refractivity (Wildman–Crippen MR) is 74.8 cm³/mol. The molecule has 3 N–H and O–H groups in total. The lowest BCUT2D eigenvalue weighted by molar-refractivity contribution is 0.218. The van der Waals surface area contributed by atoms with Gasteiger partial charge >= 0.3 is 0 Å². The van der Waals surface area contributed by atoms with Crippen LogP contribution in [0.5, 0.6) is 5.75 Å².